The molecule has 0 heterocycles. The highest BCUT2D eigenvalue weighted by Crippen LogP contribution is 2.29. The summed E-state index contributed by atoms with van der Waals surface area (Å²) in [6.45, 7) is 8.77. The van der Waals surface area contributed by atoms with Gasteiger partial charge in [0.15, 0.2) is 0 Å². The molecule has 0 aliphatic heterocycles. The number of thioether (sulfide) groups is 1. The molecule has 0 spiro atoms. The number of benzene rings is 1. The Hall–Kier alpha value is -0.470. The van der Waals surface area contributed by atoms with Crippen LogP contribution in [0.4, 0.5) is 0 Å². The van der Waals surface area contributed by atoms with Gasteiger partial charge in [-0.05, 0) is 31.6 Å². The maximum Gasteiger partial charge on any atom is 0.0276 e. The van der Waals surface area contributed by atoms with Gasteiger partial charge in [0.05, 0.1) is 0 Å². The second-order valence-corrected chi connectivity index (χ2v) is 5.96. The Labute approximate surface area is 110 Å². The summed E-state index contributed by atoms with van der Waals surface area (Å²) in [4.78, 5) is 0. The van der Waals surface area contributed by atoms with Gasteiger partial charge in [-0.25, -0.2) is 0 Å². The Kier molecular flexibility index (Phi) is 6.07. The molecule has 0 fully saturated rings. The topological polar surface area (TPSA) is 12.0 Å². The van der Waals surface area contributed by atoms with Crippen molar-refractivity contribution in [3.63, 3.8) is 0 Å². The van der Waals surface area contributed by atoms with Crippen LogP contribution in [0.3, 0.4) is 0 Å². The van der Waals surface area contributed by atoms with E-state index in [0.717, 1.165) is 13.1 Å². The van der Waals surface area contributed by atoms with Crippen LogP contribution in [-0.2, 0) is 6.54 Å². The molecule has 0 saturated heterocycles. The summed E-state index contributed by atoms with van der Waals surface area (Å²) in [6.07, 6.45) is 4.68. The van der Waals surface area contributed by atoms with E-state index in [2.05, 4.69) is 56.6 Å². The minimum Gasteiger partial charge on any atom is -0.311 e. The summed E-state index contributed by atoms with van der Waals surface area (Å²) in [5.41, 5.74) is 2.70. The summed E-state index contributed by atoms with van der Waals surface area (Å²) < 4.78 is 0.407. The van der Waals surface area contributed by atoms with E-state index in [0.29, 0.717) is 4.75 Å². The van der Waals surface area contributed by atoms with Crippen LogP contribution in [0.5, 0.6) is 0 Å². The quantitative estimate of drug-likeness (QED) is 0.786. The second-order valence-electron chi connectivity index (χ2n) is 4.68. The first-order chi connectivity index (χ1) is 8.15. The van der Waals surface area contributed by atoms with Crippen molar-refractivity contribution in [3.8, 4) is 0 Å². The molecule has 0 saturated carbocycles. The fourth-order valence-electron chi connectivity index (χ4n) is 2.00. The van der Waals surface area contributed by atoms with Gasteiger partial charge in [-0.2, -0.15) is 11.8 Å². The van der Waals surface area contributed by atoms with Crippen LogP contribution in [0, 0.1) is 6.92 Å². The van der Waals surface area contributed by atoms with Crippen molar-refractivity contribution >= 4 is 11.8 Å². The zero-order valence-electron chi connectivity index (χ0n) is 11.5. The number of rotatable bonds is 7. The van der Waals surface area contributed by atoms with Gasteiger partial charge in [-0.15, -0.1) is 0 Å². The molecule has 0 aliphatic rings. The van der Waals surface area contributed by atoms with Crippen LogP contribution in [-0.4, -0.2) is 17.5 Å². The van der Waals surface area contributed by atoms with Gasteiger partial charge in [0.1, 0.15) is 0 Å². The minimum atomic E-state index is 0.407. The Morgan fingerprint density at radius 1 is 1.12 bits per heavy atom. The van der Waals surface area contributed by atoms with Gasteiger partial charge in [-0.1, -0.05) is 43.7 Å². The van der Waals surface area contributed by atoms with E-state index in [1.807, 2.05) is 11.8 Å². The van der Waals surface area contributed by atoms with Crippen molar-refractivity contribution in [2.45, 2.75) is 44.9 Å². The van der Waals surface area contributed by atoms with Gasteiger partial charge in [0.2, 0.25) is 0 Å². The summed E-state index contributed by atoms with van der Waals surface area (Å²) in [5, 5.41) is 3.59. The lowest BCUT2D eigenvalue weighted by atomic mass is 10.0. The van der Waals surface area contributed by atoms with Gasteiger partial charge in [0.25, 0.3) is 0 Å². The summed E-state index contributed by atoms with van der Waals surface area (Å²) in [5.74, 6) is 0. The molecule has 2 heteroatoms. The molecule has 1 rings (SSSR count). The molecule has 1 aromatic rings. The molecule has 0 atom stereocenters. The molecule has 1 aromatic carbocycles. The smallest absolute Gasteiger partial charge is 0.0276 e. The van der Waals surface area contributed by atoms with Gasteiger partial charge >= 0.3 is 0 Å². The Balaban J connectivity index is 2.43. The van der Waals surface area contributed by atoms with Crippen LogP contribution in [0.2, 0.25) is 0 Å². The van der Waals surface area contributed by atoms with Crippen molar-refractivity contribution in [2.24, 2.45) is 0 Å². The standard InChI is InChI=1S/C15H25NS/c1-5-15(6-2,17-4)12-16-11-14-9-7-13(3)8-10-14/h7-10,16H,5-6,11-12H2,1-4H3. The molecule has 0 aromatic heterocycles. The lowest BCUT2D eigenvalue weighted by Gasteiger charge is -2.30. The van der Waals surface area contributed by atoms with E-state index >= 15 is 0 Å². The Morgan fingerprint density at radius 2 is 1.71 bits per heavy atom. The summed E-state index contributed by atoms with van der Waals surface area (Å²) >= 11 is 1.99. The number of aryl methyl sites for hydroxylation is 1. The zero-order valence-corrected chi connectivity index (χ0v) is 12.4. The summed E-state index contributed by atoms with van der Waals surface area (Å²) in [6, 6.07) is 8.78. The third-order valence-electron chi connectivity index (χ3n) is 3.62. The predicted molar refractivity (Wildman–Crippen MR) is 79.7 cm³/mol. The SMILES string of the molecule is CCC(CC)(CNCc1ccc(C)cc1)SC. The first-order valence-corrected chi connectivity index (χ1v) is 7.69. The molecular weight excluding hydrogens is 226 g/mol. The molecule has 0 bridgehead atoms. The molecule has 1 N–H and O–H groups in total. The highest BCUT2D eigenvalue weighted by Gasteiger charge is 2.23. The highest BCUT2D eigenvalue weighted by molar-refractivity contribution is 8.00. The molecular formula is C15H25NS. The Morgan fingerprint density at radius 3 is 2.18 bits per heavy atom. The molecule has 0 amide bonds. The van der Waals surface area contributed by atoms with E-state index in [-0.39, 0.29) is 0 Å². The van der Waals surface area contributed by atoms with Crippen molar-refractivity contribution in [3.05, 3.63) is 35.4 Å². The molecule has 96 valence electrons. The molecule has 0 radical (unpaired) electrons. The van der Waals surface area contributed by atoms with E-state index in [9.17, 15) is 0 Å². The van der Waals surface area contributed by atoms with E-state index in [1.54, 1.807) is 0 Å². The fraction of sp³-hybridized carbons (Fsp3) is 0.600. The molecule has 0 aliphatic carbocycles. The normalized spacial score (nSPS) is 11.8. The van der Waals surface area contributed by atoms with E-state index in [4.69, 9.17) is 0 Å². The van der Waals surface area contributed by atoms with Gasteiger partial charge in [-0.3, -0.25) is 0 Å². The van der Waals surface area contributed by atoms with E-state index < -0.39 is 0 Å². The lowest BCUT2D eigenvalue weighted by Crippen LogP contribution is -2.36. The Bertz CT molecular complexity index is 306. The van der Waals surface area contributed by atoms with Crippen LogP contribution in [0.25, 0.3) is 0 Å². The van der Waals surface area contributed by atoms with Crippen LogP contribution in [0.1, 0.15) is 37.8 Å². The first kappa shape index (κ1) is 14.6. The fourth-order valence-corrected chi connectivity index (χ4v) is 2.83. The predicted octanol–water partition coefficient (Wildman–Crippen LogP) is 4.01. The summed E-state index contributed by atoms with van der Waals surface area (Å²) in [7, 11) is 0. The lowest BCUT2D eigenvalue weighted by molar-refractivity contribution is 0.495. The maximum absolute atomic E-state index is 3.59. The maximum atomic E-state index is 3.59. The van der Waals surface area contributed by atoms with Crippen LogP contribution < -0.4 is 5.32 Å². The molecule has 17 heavy (non-hydrogen) atoms. The third kappa shape index (κ3) is 4.36. The number of hydrogen-bond acceptors (Lipinski definition) is 2. The highest BCUT2D eigenvalue weighted by atomic mass is 32.2. The third-order valence-corrected chi connectivity index (χ3v) is 5.21. The zero-order chi connectivity index (χ0) is 12.7. The number of nitrogens with one attached hydrogen (secondary N) is 1. The van der Waals surface area contributed by atoms with Crippen molar-refractivity contribution in [2.75, 3.05) is 12.8 Å². The van der Waals surface area contributed by atoms with Crippen molar-refractivity contribution < 1.29 is 0 Å². The van der Waals surface area contributed by atoms with Crippen LogP contribution >= 0.6 is 11.8 Å². The second kappa shape index (κ2) is 7.07. The largest absolute Gasteiger partial charge is 0.311 e. The van der Waals surface area contributed by atoms with E-state index in [1.165, 1.54) is 24.0 Å². The first-order valence-electron chi connectivity index (χ1n) is 6.47. The van der Waals surface area contributed by atoms with Crippen molar-refractivity contribution in [1.29, 1.82) is 0 Å². The minimum absolute atomic E-state index is 0.407. The monoisotopic (exact) mass is 251 g/mol. The van der Waals surface area contributed by atoms with Crippen molar-refractivity contribution in [1.82, 2.24) is 5.32 Å². The number of hydrogen-bond donors (Lipinski definition) is 1. The average Bonchev–Trinajstić information content (AvgIpc) is 2.38. The van der Waals surface area contributed by atoms with Gasteiger partial charge in [0, 0.05) is 17.8 Å². The average molecular weight is 251 g/mol. The molecule has 0 unspecified atom stereocenters. The van der Waals surface area contributed by atoms with Crippen LogP contribution in [0.15, 0.2) is 24.3 Å². The molecule has 1 nitrogen and oxygen atoms in total. The van der Waals surface area contributed by atoms with Gasteiger partial charge < -0.3 is 5.32 Å².